The van der Waals surface area contributed by atoms with E-state index < -0.39 is 15.9 Å². The summed E-state index contributed by atoms with van der Waals surface area (Å²) in [5.41, 5.74) is 1.13. The number of hydrogen-bond donors (Lipinski definition) is 2. The summed E-state index contributed by atoms with van der Waals surface area (Å²) in [7, 11) is -4.04. The third kappa shape index (κ3) is 3.59. The van der Waals surface area contributed by atoms with Gasteiger partial charge in [-0.25, -0.2) is 18.1 Å². The lowest BCUT2D eigenvalue weighted by Crippen LogP contribution is -2.31. The number of aromatic nitrogens is 2. The Labute approximate surface area is 156 Å². The van der Waals surface area contributed by atoms with Crippen molar-refractivity contribution in [2.24, 2.45) is 0 Å². The molecular weight excluding hydrogens is 374 g/mol. The van der Waals surface area contributed by atoms with Gasteiger partial charge in [0.1, 0.15) is 5.15 Å². The number of carbonyl (C=O) groups excluding carboxylic acids is 1. The average molecular weight is 392 g/mol. The highest BCUT2D eigenvalue weighted by Crippen LogP contribution is 2.24. The van der Waals surface area contributed by atoms with Gasteiger partial charge in [0, 0.05) is 22.8 Å². The number of hydrogen-bond acceptors (Lipinski definition) is 4. The molecule has 0 aliphatic heterocycles. The SMILES string of the molecule is CC(C)(C)c1ccc(C(=O)NS(=O)(=O)c2ccc3cc[nH]c3c2)c(Cl)n1. The van der Waals surface area contributed by atoms with Gasteiger partial charge >= 0.3 is 0 Å². The number of aromatic amines is 1. The molecule has 0 fully saturated rings. The van der Waals surface area contributed by atoms with E-state index in [0.29, 0.717) is 11.2 Å². The highest BCUT2D eigenvalue weighted by atomic mass is 35.5. The summed E-state index contributed by atoms with van der Waals surface area (Å²) in [5, 5.41) is 0.838. The molecule has 0 saturated heterocycles. The molecule has 2 aromatic heterocycles. The van der Waals surface area contributed by atoms with E-state index in [2.05, 4.69) is 9.97 Å². The molecule has 1 amide bonds. The van der Waals surface area contributed by atoms with Crippen molar-refractivity contribution in [3.8, 4) is 0 Å². The summed E-state index contributed by atoms with van der Waals surface area (Å²) in [4.78, 5) is 19.5. The molecule has 6 nitrogen and oxygen atoms in total. The monoisotopic (exact) mass is 391 g/mol. The molecule has 0 bridgehead atoms. The molecule has 0 radical (unpaired) electrons. The first-order valence-corrected chi connectivity index (χ1v) is 9.75. The summed E-state index contributed by atoms with van der Waals surface area (Å²) in [5.74, 6) is -0.824. The largest absolute Gasteiger partial charge is 0.361 e. The Balaban J connectivity index is 1.89. The molecule has 0 unspecified atom stereocenters. The molecule has 0 spiro atoms. The predicted molar refractivity (Wildman–Crippen MR) is 101 cm³/mol. The lowest BCUT2D eigenvalue weighted by atomic mass is 9.91. The third-order valence-electron chi connectivity index (χ3n) is 3.93. The Hall–Kier alpha value is -2.38. The van der Waals surface area contributed by atoms with Crippen LogP contribution >= 0.6 is 11.6 Å². The Morgan fingerprint density at radius 1 is 1.15 bits per heavy atom. The Kier molecular flexibility index (Phi) is 4.54. The molecule has 0 aliphatic rings. The number of sulfonamides is 1. The van der Waals surface area contributed by atoms with Crippen molar-refractivity contribution >= 4 is 38.4 Å². The number of nitrogens with one attached hydrogen (secondary N) is 2. The normalized spacial score (nSPS) is 12.3. The second kappa shape index (κ2) is 6.41. The minimum Gasteiger partial charge on any atom is -0.361 e. The first kappa shape index (κ1) is 18.4. The molecule has 1 aromatic carbocycles. The maximum atomic E-state index is 12.5. The molecular formula is C18H18ClN3O3S. The fraction of sp³-hybridized carbons (Fsp3) is 0.222. The van der Waals surface area contributed by atoms with Gasteiger partial charge in [-0.3, -0.25) is 4.79 Å². The van der Waals surface area contributed by atoms with Crippen LogP contribution in [0.2, 0.25) is 5.15 Å². The maximum absolute atomic E-state index is 12.5. The van der Waals surface area contributed by atoms with Gasteiger partial charge in [0.15, 0.2) is 0 Å². The molecule has 0 aliphatic carbocycles. The minimum absolute atomic E-state index is 0.00388. The van der Waals surface area contributed by atoms with Crippen molar-refractivity contribution in [1.29, 1.82) is 0 Å². The summed E-state index contributed by atoms with van der Waals surface area (Å²) < 4.78 is 27.1. The molecule has 2 heterocycles. The lowest BCUT2D eigenvalue weighted by molar-refractivity contribution is 0.0981. The predicted octanol–water partition coefficient (Wildman–Crippen LogP) is 3.63. The molecule has 26 heavy (non-hydrogen) atoms. The van der Waals surface area contributed by atoms with Crippen molar-refractivity contribution in [2.45, 2.75) is 31.1 Å². The van der Waals surface area contributed by atoms with Gasteiger partial charge in [-0.2, -0.15) is 0 Å². The molecule has 3 aromatic rings. The molecule has 0 atom stereocenters. The summed E-state index contributed by atoms with van der Waals surface area (Å²) >= 11 is 6.10. The van der Waals surface area contributed by atoms with E-state index in [0.717, 1.165) is 5.39 Å². The third-order valence-corrected chi connectivity index (χ3v) is 5.54. The number of H-pyrrole nitrogens is 1. The Morgan fingerprint density at radius 2 is 1.88 bits per heavy atom. The fourth-order valence-corrected chi connectivity index (χ4v) is 3.68. The summed E-state index contributed by atoms with van der Waals surface area (Å²) in [6.45, 7) is 5.89. The van der Waals surface area contributed by atoms with E-state index >= 15 is 0 Å². The first-order valence-electron chi connectivity index (χ1n) is 7.89. The lowest BCUT2D eigenvalue weighted by Gasteiger charge is -2.18. The number of amides is 1. The quantitative estimate of drug-likeness (QED) is 0.667. The second-order valence-corrected chi connectivity index (χ2v) is 8.99. The van der Waals surface area contributed by atoms with Crippen LogP contribution in [0.15, 0.2) is 47.5 Å². The van der Waals surface area contributed by atoms with E-state index in [1.807, 2.05) is 31.6 Å². The number of rotatable bonds is 3. The van der Waals surface area contributed by atoms with Gasteiger partial charge in [0.25, 0.3) is 15.9 Å². The van der Waals surface area contributed by atoms with Crippen LogP contribution < -0.4 is 4.72 Å². The zero-order valence-electron chi connectivity index (χ0n) is 14.5. The molecule has 8 heteroatoms. The smallest absolute Gasteiger partial charge is 0.268 e. The van der Waals surface area contributed by atoms with Gasteiger partial charge < -0.3 is 4.98 Å². The van der Waals surface area contributed by atoms with E-state index in [1.54, 1.807) is 18.3 Å². The Bertz CT molecular complexity index is 1100. The van der Waals surface area contributed by atoms with Crippen molar-refractivity contribution in [1.82, 2.24) is 14.7 Å². The molecule has 2 N–H and O–H groups in total. The van der Waals surface area contributed by atoms with Crippen LogP contribution in [0.5, 0.6) is 0 Å². The van der Waals surface area contributed by atoms with Crippen LogP contribution in [0.25, 0.3) is 10.9 Å². The average Bonchev–Trinajstić information content (AvgIpc) is 3.00. The van der Waals surface area contributed by atoms with E-state index in [1.165, 1.54) is 18.2 Å². The van der Waals surface area contributed by atoms with Gasteiger partial charge in [-0.1, -0.05) is 38.4 Å². The van der Waals surface area contributed by atoms with Crippen molar-refractivity contribution in [3.05, 3.63) is 59.0 Å². The summed E-state index contributed by atoms with van der Waals surface area (Å²) in [6.07, 6.45) is 1.71. The number of benzene rings is 1. The van der Waals surface area contributed by atoms with Crippen LogP contribution in [-0.2, 0) is 15.4 Å². The zero-order chi connectivity index (χ0) is 19.1. The van der Waals surface area contributed by atoms with E-state index in [-0.39, 0.29) is 21.0 Å². The van der Waals surface area contributed by atoms with Crippen LogP contribution in [0.4, 0.5) is 0 Å². The standard InChI is InChI=1S/C18H18ClN3O3S/c1-18(2,3)15-7-6-13(16(19)21-15)17(23)22-26(24,25)12-5-4-11-8-9-20-14(11)10-12/h4-10,20H,1-3H3,(H,22,23). The number of halogens is 1. The summed E-state index contributed by atoms with van der Waals surface area (Å²) in [6, 6.07) is 9.54. The molecule has 136 valence electrons. The van der Waals surface area contributed by atoms with Gasteiger partial charge in [-0.05, 0) is 35.7 Å². The van der Waals surface area contributed by atoms with Crippen LogP contribution in [0, 0.1) is 0 Å². The van der Waals surface area contributed by atoms with E-state index in [9.17, 15) is 13.2 Å². The Morgan fingerprint density at radius 3 is 2.54 bits per heavy atom. The number of pyridine rings is 1. The second-order valence-electron chi connectivity index (χ2n) is 6.95. The number of nitrogens with zero attached hydrogens (tertiary/aromatic N) is 1. The van der Waals surface area contributed by atoms with Crippen molar-refractivity contribution in [3.63, 3.8) is 0 Å². The maximum Gasteiger partial charge on any atom is 0.268 e. The molecule has 3 rings (SSSR count). The number of fused-ring (bicyclic) bond motifs is 1. The topological polar surface area (TPSA) is 91.9 Å². The van der Waals surface area contributed by atoms with E-state index in [4.69, 9.17) is 11.6 Å². The molecule has 0 saturated carbocycles. The van der Waals surface area contributed by atoms with Gasteiger partial charge in [-0.15, -0.1) is 0 Å². The van der Waals surface area contributed by atoms with Crippen molar-refractivity contribution < 1.29 is 13.2 Å². The van der Waals surface area contributed by atoms with Crippen molar-refractivity contribution in [2.75, 3.05) is 0 Å². The van der Waals surface area contributed by atoms with Crippen LogP contribution in [-0.4, -0.2) is 24.3 Å². The minimum atomic E-state index is -4.04. The highest BCUT2D eigenvalue weighted by molar-refractivity contribution is 7.90. The fourth-order valence-electron chi connectivity index (χ4n) is 2.45. The van der Waals surface area contributed by atoms with Gasteiger partial charge in [0.05, 0.1) is 10.5 Å². The first-order chi connectivity index (χ1) is 12.1. The van der Waals surface area contributed by atoms with Gasteiger partial charge in [0.2, 0.25) is 0 Å². The van der Waals surface area contributed by atoms with Crippen LogP contribution in [0.1, 0.15) is 36.8 Å². The zero-order valence-corrected chi connectivity index (χ0v) is 16.1. The van der Waals surface area contributed by atoms with Crippen LogP contribution in [0.3, 0.4) is 0 Å². The number of carbonyl (C=O) groups is 1. The highest BCUT2D eigenvalue weighted by Gasteiger charge is 2.23.